The Kier molecular flexibility index (Phi) is 11.0. The first kappa shape index (κ1) is 19.6. The molecule has 1 unspecified atom stereocenters. The maximum Gasteiger partial charge on any atom is 0.514 e. The Morgan fingerprint density at radius 1 is 0.950 bits per heavy atom. The molecule has 0 aromatic rings. The summed E-state index contributed by atoms with van der Waals surface area (Å²) in [5, 5.41) is 9.37. The highest BCUT2D eigenvalue weighted by Gasteiger charge is 2.51. The van der Waals surface area contributed by atoms with Gasteiger partial charge in [-0.15, -0.1) is 0 Å². The van der Waals surface area contributed by atoms with E-state index in [-0.39, 0.29) is 0 Å². The predicted octanol–water partition coefficient (Wildman–Crippen LogP) is 3.46. The van der Waals surface area contributed by atoms with Crippen LogP contribution in [0.15, 0.2) is 0 Å². The largest absolute Gasteiger partial charge is 0.514 e. The third kappa shape index (κ3) is 6.34. The van der Waals surface area contributed by atoms with Gasteiger partial charge in [-0.05, 0) is 6.42 Å². The molecule has 6 heteroatoms. The van der Waals surface area contributed by atoms with Crippen LogP contribution in [-0.2, 0) is 18.1 Å². The number of rotatable bonds is 13. The number of carbonyl (C=O) groups is 1. The van der Waals surface area contributed by atoms with Gasteiger partial charge in [0.2, 0.25) is 0 Å². The van der Waals surface area contributed by atoms with Crippen molar-refractivity contribution in [2.45, 2.75) is 63.8 Å². The molecule has 0 amide bonds. The van der Waals surface area contributed by atoms with Gasteiger partial charge >= 0.3 is 14.8 Å². The molecule has 0 aliphatic heterocycles. The normalized spacial score (nSPS) is 13.4. The molecule has 0 spiro atoms. The second-order valence-corrected chi connectivity index (χ2v) is 8.15. The number of aliphatic carboxylic acids is 1. The van der Waals surface area contributed by atoms with Crippen molar-refractivity contribution in [3.05, 3.63) is 0 Å². The molecule has 120 valence electrons. The Hall–Kier alpha value is -0.433. The molecule has 0 saturated carbocycles. The van der Waals surface area contributed by atoms with Gasteiger partial charge < -0.3 is 18.4 Å². The molecule has 0 aliphatic carbocycles. The van der Waals surface area contributed by atoms with Gasteiger partial charge in [0.15, 0.2) is 0 Å². The molecule has 0 saturated heterocycles. The van der Waals surface area contributed by atoms with E-state index >= 15 is 0 Å². The summed E-state index contributed by atoms with van der Waals surface area (Å²) in [5.41, 5.74) is -0.682. The zero-order valence-electron chi connectivity index (χ0n) is 13.3. The van der Waals surface area contributed by atoms with Crippen molar-refractivity contribution in [2.75, 3.05) is 21.3 Å². The Bertz CT molecular complexity index is 248. The lowest BCUT2D eigenvalue weighted by molar-refractivity contribution is -0.138. The van der Waals surface area contributed by atoms with E-state index in [4.69, 9.17) is 13.3 Å². The summed E-state index contributed by atoms with van der Waals surface area (Å²) in [7, 11) is 1.28. The van der Waals surface area contributed by atoms with Crippen LogP contribution in [0.5, 0.6) is 0 Å². The predicted molar refractivity (Wildman–Crippen MR) is 80.8 cm³/mol. The molecule has 0 fully saturated rings. The summed E-state index contributed by atoms with van der Waals surface area (Å²) in [5.74, 6) is -0.895. The molecule has 0 radical (unpaired) electrons. The Morgan fingerprint density at radius 2 is 1.40 bits per heavy atom. The standard InChI is InChI=1S/C14H30O5Si/c1-5-6-7-8-9-10-11-12-13(14(15)16)20(17-2,18-3)19-4/h13H,5-12H2,1-4H3,(H,15,16). The third-order valence-corrected chi connectivity index (χ3v) is 6.77. The highest BCUT2D eigenvalue weighted by molar-refractivity contribution is 6.66. The van der Waals surface area contributed by atoms with Crippen LogP contribution >= 0.6 is 0 Å². The molecule has 0 aromatic carbocycles. The van der Waals surface area contributed by atoms with E-state index in [9.17, 15) is 9.90 Å². The molecular weight excluding hydrogens is 276 g/mol. The zero-order chi connectivity index (χ0) is 15.4. The van der Waals surface area contributed by atoms with E-state index in [2.05, 4.69) is 6.92 Å². The van der Waals surface area contributed by atoms with Crippen molar-refractivity contribution in [1.82, 2.24) is 0 Å². The van der Waals surface area contributed by atoms with Gasteiger partial charge in [-0.2, -0.15) is 0 Å². The topological polar surface area (TPSA) is 65.0 Å². The first-order valence-corrected chi connectivity index (χ1v) is 9.26. The summed E-state index contributed by atoms with van der Waals surface area (Å²) in [6.07, 6.45) is 8.65. The first-order valence-electron chi connectivity index (χ1n) is 7.46. The fourth-order valence-electron chi connectivity index (χ4n) is 2.43. The lowest BCUT2D eigenvalue weighted by atomic mass is 10.1. The van der Waals surface area contributed by atoms with Crippen LogP contribution < -0.4 is 0 Å². The van der Waals surface area contributed by atoms with E-state index in [1.807, 2.05) is 0 Å². The van der Waals surface area contributed by atoms with Crippen LogP contribution in [0.4, 0.5) is 0 Å². The highest BCUT2D eigenvalue weighted by atomic mass is 28.4. The van der Waals surface area contributed by atoms with Crippen LogP contribution in [-0.4, -0.2) is 41.2 Å². The molecule has 20 heavy (non-hydrogen) atoms. The van der Waals surface area contributed by atoms with E-state index in [0.29, 0.717) is 6.42 Å². The van der Waals surface area contributed by atoms with Gasteiger partial charge in [0.05, 0.1) is 0 Å². The lowest BCUT2D eigenvalue weighted by Gasteiger charge is -2.29. The van der Waals surface area contributed by atoms with Crippen LogP contribution in [0, 0.1) is 0 Å². The van der Waals surface area contributed by atoms with Gasteiger partial charge in [0, 0.05) is 21.3 Å². The quantitative estimate of drug-likeness (QED) is 0.417. The molecule has 0 aromatic heterocycles. The van der Waals surface area contributed by atoms with Crippen molar-refractivity contribution >= 4 is 14.8 Å². The van der Waals surface area contributed by atoms with Gasteiger partial charge in [0.1, 0.15) is 5.54 Å². The third-order valence-electron chi connectivity index (χ3n) is 3.67. The lowest BCUT2D eigenvalue weighted by Crippen LogP contribution is -2.50. The van der Waals surface area contributed by atoms with Crippen molar-refractivity contribution in [2.24, 2.45) is 0 Å². The average molecular weight is 306 g/mol. The van der Waals surface area contributed by atoms with Crippen LogP contribution in [0.3, 0.4) is 0 Å². The fraction of sp³-hybridized carbons (Fsp3) is 0.929. The van der Waals surface area contributed by atoms with Crippen LogP contribution in [0.1, 0.15) is 58.3 Å². The molecule has 0 rings (SSSR count). The monoisotopic (exact) mass is 306 g/mol. The number of carboxylic acid groups (broad SMARTS) is 1. The van der Waals surface area contributed by atoms with Gasteiger partial charge in [-0.1, -0.05) is 51.9 Å². The minimum Gasteiger partial charge on any atom is -0.481 e. The summed E-state index contributed by atoms with van der Waals surface area (Å²) >= 11 is 0. The molecule has 1 N–H and O–H groups in total. The first-order chi connectivity index (χ1) is 9.57. The van der Waals surface area contributed by atoms with Gasteiger partial charge in [-0.25, -0.2) is 0 Å². The van der Waals surface area contributed by atoms with Crippen molar-refractivity contribution < 1.29 is 23.2 Å². The Labute approximate surface area is 124 Å². The summed E-state index contributed by atoms with van der Waals surface area (Å²) in [6.45, 7) is 2.20. The fourth-order valence-corrected chi connectivity index (χ4v) is 4.65. The molecular formula is C14H30O5Si. The molecule has 1 atom stereocenters. The van der Waals surface area contributed by atoms with Crippen LogP contribution in [0.25, 0.3) is 0 Å². The Morgan fingerprint density at radius 3 is 1.80 bits per heavy atom. The van der Waals surface area contributed by atoms with Crippen molar-refractivity contribution in [3.8, 4) is 0 Å². The van der Waals surface area contributed by atoms with E-state index in [1.54, 1.807) is 0 Å². The number of unbranched alkanes of at least 4 members (excludes halogenated alkanes) is 6. The van der Waals surface area contributed by atoms with E-state index in [0.717, 1.165) is 19.3 Å². The molecule has 0 bridgehead atoms. The number of hydrogen-bond donors (Lipinski definition) is 1. The summed E-state index contributed by atoms with van der Waals surface area (Å²) in [6, 6.07) is 0. The van der Waals surface area contributed by atoms with Crippen molar-refractivity contribution in [3.63, 3.8) is 0 Å². The summed E-state index contributed by atoms with van der Waals surface area (Å²) in [4.78, 5) is 11.4. The number of carboxylic acids is 1. The second-order valence-electron chi connectivity index (χ2n) is 5.02. The highest BCUT2D eigenvalue weighted by Crippen LogP contribution is 2.30. The maximum absolute atomic E-state index is 11.4. The minimum absolute atomic E-state index is 0.546. The SMILES string of the molecule is CCCCCCCCCC(C(=O)O)[Si](OC)(OC)OC. The average Bonchev–Trinajstić information content (AvgIpc) is 2.45. The van der Waals surface area contributed by atoms with Gasteiger partial charge in [-0.3, -0.25) is 4.79 Å². The molecule has 5 nitrogen and oxygen atoms in total. The van der Waals surface area contributed by atoms with E-state index in [1.165, 1.54) is 47.0 Å². The second kappa shape index (κ2) is 11.3. The summed E-state index contributed by atoms with van der Waals surface area (Å²) < 4.78 is 15.9. The molecule has 0 aliphatic rings. The maximum atomic E-state index is 11.4. The smallest absolute Gasteiger partial charge is 0.481 e. The van der Waals surface area contributed by atoms with Crippen molar-refractivity contribution in [1.29, 1.82) is 0 Å². The number of hydrogen-bond acceptors (Lipinski definition) is 4. The van der Waals surface area contributed by atoms with Crippen LogP contribution in [0.2, 0.25) is 5.54 Å². The zero-order valence-corrected chi connectivity index (χ0v) is 14.3. The minimum atomic E-state index is -3.09. The van der Waals surface area contributed by atoms with E-state index < -0.39 is 20.3 Å². The van der Waals surface area contributed by atoms with Gasteiger partial charge in [0.25, 0.3) is 0 Å². The molecule has 0 heterocycles. The Balaban J connectivity index is 4.19.